The lowest BCUT2D eigenvalue weighted by Crippen LogP contribution is -2.40. The summed E-state index contributed by atoms with van der Waals surface area (Å²) in [5.41, 5.74) is -0.351. The molecule has 0 unspecified atom stereocenters. The molecule has 9 nitrogen and oxygen atoms in total. The van der Waals surface area contributed by atoms with Gasteiger partial charge in [-0.15, -0.1) is 11.3 Å². The molecule has 176 valence electrons. The zero-order valence-corrected chi connectivity index (χ0v) is 20.0. The van der Waals surface area contributed by atoms with Gasteiger partial charge in [0.05, 0.1) is 22.3 Å². The molecule has 0 bridgehead atoms. The summed E-state index contributed by atoms with van der Waals surface area (Å²) >= 11 is 1.48. The Kier molecular flexibility index (Phi) is 6.51. The fourth-order valence-electron chi connectivity index (χ4n) is 3.57. The predicted molar refractivity (Wildman–Crippen MR) is 130 cm³/mol. The molecule has 0 aliphatic carbocycles. The molecule has 0 saturated heterocycles. The number of fused-ring (bicyclic) bond motifs is 1. The number of benzene rings is 2. The second kappa shape index (κ2) is 9.37. The third-order valence-electron chi connectivity index (χ3n) is 5.43. The third-order valence-corrected chi connectivity index (χ3v) is 7.73. The molecule has 4 aromatic rings. The van der Waals surface area contributed by atoms with E-state index < -0.39 is 33.2 Å². The van der Waals surface area contributed by atoms with Gasteiger partial charge in [0.1, 0.15) is 6.04 Å². The summed E-state index contributed by atoms with van der Waals surface area (Å²) in [5.74, 6) is -0.512. The Morgan fingerprint density at radius 1 is 1.00 bits per heavy atom. The van der Waals surface area contributed by atoms with E-state index in [0.29, 0.717) is 11.1 Å². The molecule has 2 aromatic carbocycles. The van der Waals surface area contributed by atoms with Crippen molar-refractivity contribution in [3.8, 4) is 0 Å². The van der Waals surface area contributed by atoms with Crippen LogP contribution in [-0.4, -0.2) is 23.5 Å². The maximum absolute atomic E-state index is 13.3. The van der Waals surface area contributed by atoms with Crippen molar-refractivity contribution in [2.45, 2.75) is 17.5 Å². The van der Waals surface area contributed by atoms with Crippen LogP contribution in [0.3, 0.4) is 0 Å². The second-order valence-electron chi connectivity index (χ2n) is 7.65. The number of amides is 1. The van der Waals surface area contributed by atoms with Crippen LogP contribution >= 0.6 is 11.3 Å². The Bertz CT molecular complexity index is 1570. The first-order valence-electron chi connectivity index (χ1n) is 10.3. The Hall–Kier alpha value is -3.54. The molecular formula is C23H22N4O5S2. The number of hydrogen-bond acceptors (Lipinski definition) is 6. The highest BCUT2D eigenvalue weighted by atomic mass is 32.2. The van der Waals surface area contributed by atoms with Crippen LogP contribution in [0.5, 0.6) is 0 Å². The van der Waals surface area contributed by atoms with Crippen LogP contribution in [0.25, 0.3) is 10.9 Å². The van der Waals surface area contributed by atoms with Gasteiger partial charge in [0.2, 0.25) is 15.9 Å². The first-order chi connectivity index (χ1) is 16.2. The molecule has 2 N–H and O–H groups in total. The maximum atomic E-state index is 13.3. The molecule has 0 spiro atoms. The molecule has 34 heavy (non-hydrogen) atoms. The van der Waals surface area contributed by atoms with E-state index in [1.54, 1.807) is 30.3 Å². The Labute approximate surface area is 199 Å². The van der Waals surface area contributed by atoms with Gasteiger partial charge in [-0.05, 0) is 35.2 Å². The summed E-state index contributed by atoms with van der Waals surface area (Å²) in [4.78, 5) is 38.5. The average molecular weight is 499 g/mol. The number of thiophene rings is 1. The highest BCUT2D eigenvalue weighted by molar-refractivity contribution is 7.89. The van der Waals surface area contributed by atoms with Gasteiger partial charge in [-0.3, -0.25) is 18.7 Å². The van der Waals surface area contributed by atoms with Crippen LogP contribution in [0.15, 0.2) is 80.5 Å². The molecule has 0 aliphatic heterocycles. The summed E-state index contributed by atoms with van der Waals surface area (Å²) in [7, 11) is -1.39. The highest BCUT2D eigenvalue weighted by Crippen LogP contribution is 2.20. The molecule has 1 amide bonds. The molecule has 1 atom stereocenters. The van der Waals surface area contributed by atoms with Crippen molar-refractivity contribution < 1.29 is 13.2 Å². The molecule has 0 saturated carbocycles. The number of sulfonamides is 1. The molecular weight excluding hydrogens is 476 g/mol. The van der Waals surface area contributed by atoms with Crippen molar-refractivity contribution in [3.05, 3.63) is 97.3 Å². The Morgan fingerprint density at radius 3 is 2.41 bits per heavy atom. The first-order valence-corrected chi connectivity index (χ1v) is 12.6. The van der Waals surface area contributed by atoms with Gasteiger partial charge < -0.3 is 5.32 Å². The van der Waals surface area contributed by atoms with E-state index in [1.807, 2.05) is 17.5 Å². The molecule has 0 radical (unpaired) electrons. The summed E-state index contributed by atoms with van der Waals surface area (Å²) in [6, 6.07) is 15.0. The lowest BCUT2D eigenvalue weighted by molar-refractivity contribution is -0.123. The molecule has 0 fully saturated rings. The highest BCUT2D eigenvalue weighted by Gasteiger charge is 2.28. The Morgan fingerprint density at radius 2 is 1.74 bits per heavy atom. The van der Waals surface area contributed by atoms with Gasteiger partial charge in [-0.25, -0.2) is 13.2 Å². The van der Waals surface area contributed by atoms with Crippen molar-refractivity contribution in [2.24, 2.45) is 14.1 Å². The molecule has 2 heterocycles. The van der Waals surface area contributed by atoms with Crippen LogP contribution in [-0.2, 0) is 35.5 Å². The van der Waals surface area contributed by atoms with E-state index in [0.717, 1.165) is 9.44 Å². The van der Waals surface area contributed by atoms with Gasteiger partial charge in [0, 0.05) is 19.0 Å². The van der Waals surface area contributed by atoms with Crippen LogP contribution in [0.4, 0.5) is 0 Å². The summed E-state index contributed by atoms with van der Waals surface area (Å²) in [6.45, 7) is 0.265. The van der Waals surface area contributed by atoms with Crippen molar-refractivity contribution in [1.82, 2.24) is 19.2 Å². The monoisotopic (exact) mass is 498 g/mol. The van der Waals surface area contributed by atoms with E-state index >= 15 is 0 Å². The number of rotatable bonds is 7. The zero-order chi connectivity index (χ0) is 24.5. The Balaban J connectivity index is 1.70. The topological polar surface area (TPSA) is 119 Å². The van der Waals surface area contributed by atoms with Crippen molar-refractivity contribution in [1.29, 1.82) is 0 Å². The number of aryl methyl sites for hydroxylation is 1. The van der Waals surface area contributed by atoms with Gasteiger partial charge in [-0.1, -0.05) is 36.4 Å². The van der Waals surface area contributed by atoms with Crippen LogP contribution in [0, 0.1) is 0 Å². The predicted octanol–water partition coefficient (Wildman–Crippen LogP) is 1.63. The largest absolute Gasteiger partial charge is 0.350 e. The van der Waals surface area contributed by atoms with Gasteiger partial charge in [-0.2, -0.15) is 4.72 Å². The number of carbonyl (C=O) groups is 1. The van der Waals surface area contributed by atoms with Gasteiger partial charge in [0.15, 0.2) is 0 Å². The lowest BCUT2D eigenvalue weighted by Gasteiger charge is -2.19. The van der Waals surface area contributed by atoms with E-state index in [4.69, 9.17) is 0 Å². The first kappa shape index (κ1) is 23.6. The smallest absolute Gasteiger partial charge is 0.330 e. The number of hydrogen-bond donors (Lipinski definition) is 2. The number of aromatic nitrogens is 2. The fourth-order valence-corrected chi connectivity index (χ4v) is 5.43. The van der Waals surface area contributed by atoms with E-state index in [1.165, 1.54) is 48.2 Å². The van der Waals surface area contributed by atoms with Crippen molar-refractivity contribution in [3.63, 3.8) is 0 Å². The lowest BCUT2D eigenvalue weighted by atomic mass is 10.1. The van der Waals surface area contributed by atoms with Crippen molar-refractivity contribution >= 4 is 38.2 Å². The van der Waals surface area contributed by atoms with E-state index in [9.17, 15) is 22.8 Å². The minimum atomic E-state index is -4.21. The van der Waals surface area contributed by atoms with Crippen LogP contribution in [0.1, 0.15) is 16.5 Å². The van der Waals surface area contributed by atoms with E-state index in [-0.39, 0.29) is 16.8 Å². The van der Waals surface area contributed by atoms with E-state index in [2.05, 4.69) is 10.0 Å². The SMILES string of the molecule is Cn1c(=O)c2cc(S(=O)(=O)N[C@H](C(=O)NCc3cccs3)c3ccccc3)ccc2n(C)c1=O. The molecule has 2 aromatic heterocycles. The summed E-state index contributed by atoms with van der Waals surface area (Å²) in [6.07, 6.45) is 0. The minimum absolute atomic E-state index is 0.0749. The second-order valence-corrected chi connectivity index (χ2v) is 10.4. The fraction of sp³-hybridized carbons (Fsp3) is 0.174. The third kappa shape index (κ3) is 4.58. The minimum Gasteiger partial charge on any atom is -0.350 e. The molecule has 0 aliphatic rings. The quantitative estimate of drug-likeness (QED) is 0.402. The van der Waals surface area contributed by atoms with Crippen LogP contribution < -0.4 is 21.3 Å². The van der Waals surface area contributed by atoms with Gasteiger partial charge >= 0.3 is 5.69 Å². The standard InChI is InChI=1S/C23H22N4O5S2/c1-26-19-11-10-17(13-18(19)22(29)27(2)23(26)30)34(31,32)25-20(15-7-4-3-5-8-15)21(28)24-14-16-9-6-12-33-16/h3-13,20,25H,14H2,1-2H3,(H,24,28)/t20-/m0/s1. The molecule has 11 heteroatoms. The van der Waals surface area contributed by atoms with Crippen molar-refractivity contribution in [2.75, 3.05) is 0 Å². The van der Waals surface area contributed by atoms with Gasteiger partial charge in [0.25, 0.3) is 5.56 Å². The van der Waals surface area contributed by atoms with Crippen LogP contribution in [0.2, 0.25) is 0 Å². The number of nitrogens with one attached hydrogen (secondary N) is 2. The maximum Gasteiger partial charge on any atom is 0.330 e. The summed E-state index contributed by atoms with van der Waals surface area (Å²) < 4.78 is 31.2. The molecule has 4 rings (SSSR count). The zero-order valence-electron chi connectivity index (χ0n) is 18.4. The normalized spacial score (nSPS) is 12.5. The average Bonchev–Trinajstić information content (AvgIpc) is 3.37. The number of nitrogens with zero attached hydrogens (tertiary/aromatic N) is 2. The summed E-state index contributed by atoms with van der Waals surface area (Å²) in [5, 5.41) is 4.73. The number of carbonyl (C=O) groups excluding carboxylic acids is 1.